The summed E-state index contributed by atoms with van der Waals surface area (Å²) < 4.78 is 72.6. The molecular weight excluding hydrogens is 698 g/mol. The van der Waals surface area contributed by atoms with E-state index in [0.29, 0.717) is 16.6 Å². The second-order valence-corrected chi connectivity index (χ2v) is 14.7. The molecule has 0 amide bonds. The van der Waals surface area contributed by atoms with Crippen molar-refractivity contribution in [1.82, 2.24) is 19.2 Å². The number of piperazine rings is 1. The van der Waals surface area contributed by atoms with Crippen molar-refractivity contribution in [3.05, 3.63) is 113 Å². The summed E-state index contributed by atoms with van der Waals surface area (Å²) in [5.41, 5.74) is 3.15. The number of nitrogens with one attached hydrogen (secondary N) is 2. The van der Waals surface area contributed by atoms with E-state index in [1.807, 2.05) is 53.3 Å². The van der Waals surface area contributed by atoms with Gasteiger partial charge in [-0.15, -0.1) is 0 Å². The van der Waals surface area contributed by atoms with E-state index in [9.17, 15) is 22.4 Å². The highest BCUT2D eigenvalue weighted by Crippen LogP contribution is 2.31. The fourth-order valence-corrected chi connectivity index (χ4v) is 7.93. The molecule has 0 unspecified atom stereocenters. The number of benzene rings is 3. The van der Waals surface area contributed by atoms with Crippen LogP contribution in [-0.4, -0.2) is 89.9 Å². The molecule has 270 valence electrons. The molecule has 5 aromatic rings. The molecule has 0 aliphatic carbocycles. The number of nitrogens with zero attached hydrogens (tertiary/aromatic N) is 4. The summed E-state index contributed by atoms with van der Waals surface area (Å²) in [5, 5.41) is 9.31. The van der Waals surface area contributed by atoms with Gasteiger partial charge < -0.3 is 15.0 Å². The van der Waals surface area contributed by atoms with Crippen LogP contribution in [0.4, 0.5) is 24.5 Å². The lowest BCUT2D eigenvalue weighted by Crippen LogP contribution is -2.45. The minimum Gasteiger partial charge on any atom is -0.481 e. The average Bonchev–Trinajstić information content (AvgIpc) is 3.77. The van der Waals surface area contributed by atoms with Gasteiger partial charge >= 0.3 is 16.2 Å². The van der Waals surface area contributed by atoms with Gasteiger partial charge in [-0.05, 0) is 53.4 Å². The topological polar surface area (TPSA) is 139 Å². The number of fused-ring (bicyclic) bond motifs is 1. The number of hydrogen-bond acceptors (Lipinski definition) is 7. The maximum Gasteiger partial charge on any atom is 0.307 e. The monoisotopic (exact) mass is 732 g/mol. The number of aromatic amines is 1. The van der Waals surface area contributed by atoms with Crippen LogP contribution in [-0.2, 0) is 28.0 Å². The Bertz CT molecular complexity index is 2240. The molecule has 15 heteroatoms. The largest absolute Gasteiger partial charge is 0.481 e. The number of H-pyrrole nitrogens is 1. The minimum atomic E-state index is -4.34. The molecule has 11 nitrogen and oxygen atoms in total. The molecule has 0 bridgehead atoms. The number of carbonyl (C=O) groups excluding carboxylic acids is 1. The Morgan fingerprint density at radius 1 is 0.923 bits per heavy atom. The minimum absolute atomic E-state index is 0.00640. The molecule has 7 rings (SSSR count). The van der Waals surface area contributed by atoms with Crippen LogP contribution in [0.5, 0.6) is 0 Å². The Kier molecular flexibility index (Phi) is 9.74. The van der Waals surface area contributed by atoms with Crippen LogP contribution in [0.3, 0.4) is 0 Å². The Morgan fingerprint density at radius 2 is 1.63 bits per heavy atom. The molecule has 4 heterocycles. The molecule has 3 N–H and O–H groups in total. The number of ketones is 1. The number of aromatic nitrogens is 2. The van der Waals surface area contributed by atoms with Crippen LogP contribution in [0, 0.1) is 11.6 Å². The number of carboxylic acid groups (broad SMARTS) is 1. The first-order valence-electron chi connectivity index (χ1n) is 16.7. The predicted molar refractivity (Wildman–Crippen MR) is 190 cm³/mol. The molecule has 2 aromatic heterocycles. The molecule has 0 radical (unpaired) electrons. The van der Waals surface area contributed by atoms with Gasteiger partial charge in [0.15, 0.2) is 5.82 Å². The highest BCUT2D eigenvalue weighted by molar-refractivity contribution is 7.90. The second-order valence-electron chi connectivity index (χ2n) is 13.0. The van der Waals surface area contributed by atoms with Gasteiger partial charge in [0, 0.05) is 80.4 Å². The van der Waals surface area contributed by atoms with Crippen molar-refractivity contribution in [2.24, 2.45) is 0 Å². The SMILES string of the molecule is O=C(O)Cc1ccc(CN2CCN(c3ccc(-c4cnc5[nH]cc(C(=O)c6c(F)ccc(NS(=O)(=O)N7CC[C@@H](F)C7)c6F)c5c4)cc3)CC2)cc1. The molecule has 0 saturated carbocycles. The number of alkyl halides is 1. The van der Waals surface area contributed by atoms with Crippen molar-refractivity contribution in [1.29, 1.82) is 0 Å². The molecule has 2 aliphatic heterocycles. The number of halogens is 3. The Hall–Kier alpha value is -5.25. The molecule has 2 saturated heterocycles. The van der Waals surface area contributed by atoms with Gasteiger partial charge in [-0.2, -0.15) is 12.7 Å². The lowest BCUT2D eigenvalue weighted by Gasteiger charge is -2.36. The van der Waals surface area contributed by atoms with E-state index < -0.39 is 51.0 Å². The van der Waals surface area contributed by atoms with Gasteiger partial charge in [0.1, 0.15) is 17.6 Å². The summed E-state index contributed by atoms with van der Waals surface area (Å²) in [6, 6.07) is 19.0. The lowest BCUT2D eigenvalue weighted by molar-refractivity contribution is -0.136. The Morgan fingerprint density at radius 3 is 2.31 bits per heavy atom. The first-order valence-corrected chi connectivity index (χ1v) is 18.2. The summed E-state index contributed by atoms with van der Waals surface area (Å²) in [5.74, 6) is -4.41. The van der Waals surface area contributed by atoms with Crippen LogP contribution in [0.1, 0.15) is 33.5 Å². The van der Waals surface area contributed by atoms with E-state index in [1.54, 1.807) is 12.3 Å². The van der Waals surface area contributed by atoms with Crippen LogP contribution in [0.2, 0.25) is 0 Å². The van der Waals surface area contributed by atoms with Gasteiger partial charge in [-0.3, -0.25) is 19.2 Å². The summed E-state index contributed by atoms with van der Waals surface area (Å²) in [7, 11) is -4.34. The lowest BCUT2D eigenvalue weighted by atomic mass is 9.99. The van der Waals surface area contributed by atoms with E-state index in [2.05, 4.69) is 19.8 Å². The van der Waals surface area contributed by atoms with Crippen molar-refractivity contribution in [3.8, 4) is 11.1 Å². The van der Waals surface area contributed by atoms with Crippen molar-refractivity contribution < 1.29 is 36.3 Å². The van der Waals surface area contributed by atoms with E-state index in [4.69, 9.17) is 5.11 Å². The van der Waals surface area contributed by atoms with Gasteiger partial charge in [0.05, 0.1) is 17.7 Å². The Labute approximate surface area is 297 Å². The van der Waals surface area contributed by atoms with E-state index in [1.165, 1.54) is 6.20 Å². The molecule has 52 heavy (non-hydrogen) atoms. The maximum atomic E-state index is 15.6. The number of carboxylic acids is 1. The van der Waals surface area contributed by atoms with Crippen LogP contribution < -0.4 is 9.62 Å². The highest BCUT2D eigenvalue weighted by Gasteiger charge is 2.33. The zero-order valence-electron chi connectivity index (χ0n) is 27.9. The molecule has 1 atom stereocenters. The normalized spacial score (nSPS) is 17.1. The zero-order valence-corrected chi connectivity index (χ0v) is 28.7. The third-order valence-corrected chi connectivity index (χ3v) is 11.0. The molecule has 0 spiro atoms. The van der Waals surface area contributed by atoms with Gasteiger partial charge in [0.2, 0.25) is 5.78 Å². The zero-order chi connectivity index (χ0) is 36.6. The first kappa shape index (κ1) is 35.2. The maximum absolute atomic E-state index is 15.6. The second kappa shape index (κ2) is 14.4. The molecular formula is C37H35F3N6O5S. The standard InChI is InChI=1S/C37H35F3N6O5S/c38-27-11-12-46(22-27)52(50,51)43-32-10-9-31(39)34(35(32)40)36(49)30-20-42-37-29(30)18-26(19-41-37)25-5-7-28(8-6-25)45-15-13-44(14-16-45)21-24-3-1-23(2-4-24)17-33(47)48/h1-10,18-20,27,43H,11-17,21-22H2,(H,41,42)(H,47,48)/t27-/m1/s1. The van der Waals surface area contributed by atoms with Crippen molar-refractivity contribution in [2.75, 3.05) is 48.9 Å². The summed E-state index contributed by atoms with van der Waals surface area (Å²) in [6.07, 6.45) is 1.61. The summed E-state index contributed by atoms with van der Waals surface area (Å²) in [6.45, 7) is 3.67. The van der Waals surface area contributed by atoms with Crippen LogP contribution in [0.25, 0.3) is 22.2 Å². The Balaban J connectivity index is 1.04. The van der Waals surface area contributed by atoms with E-state index in [-0.39, 0.29) is 31.5 Å². The smallest absolute Gasteiger partial charge is 0.307 e. The number of anilines is 2. The quantitative estimate of drug-likeness (QED) is 0.154. The predicted octanol–water partition coefficient (Wildman–Crippen LogP) is 5.39. The van der Waals surface area contributed by atoms with Crippen molar-refractivity contribution >= 4 is 44.4 Å². The fourth-order valence-electron chi connectivity index (χ4n) is 6.66. The van der Waals surface area contributed by atoms with Gasteiger partial charge in [-0.25, -0.2) is 18.2 Å². The molecule has 2 fully saturated rings. The fraction of sp³-hybridized carbons (Fsp3) is 0.270. The van der Waals surface area contributed by atoms with Crippen LogP contribution >= 0.6 is 0 Å². The van der Waals surface area contributed by atoms with Crippen LogP contribution in [0.15, 0.2) is 79.1 Å². The van der Waals surface area contributed by atoms with E-state index >= 15 is 8.78 Å². The third-order valence-electron chi connectivity index (χ3n) is 9.49. The molecule has 3 aromatic carbocycles. The van der Waals surface area contributed by atoms with Crippen molar-refractivity contribution in [2.45, 2.75) is 25.6 Å². The first-order chi connectivity index (χ1) is 24.9. The molecule has 2 aliphatic rings. The average molecular weight is 733 g/mol. The third kappa shape index (κ3) is 7.38. The van der Waals surface area contributed by atoms with Gasteiger partial charge in [-0.1, -0.05) is 36.4 Å². The number of carbonyl (C=O) groups is 2. The van der Waals surface area contributed by atoms with E-state index in [0.717, 1.165) is 71.5 Å². The number of aliphatic carboxylic acids is 1. The van der Waals surface area contributed by atoms with Crippen molar-refractivity contribution in [3.63, 3.8) is 0 Å². The van der Waals surface area contributed by atoms with Gasteiger partial charge in [0.25, 0.3) is 0 Å². The number of hydrogen-bond donors (Lipinski definition) is 3. The summed E-state index contributed by atoms with van der Waals surface area (Å²) in [4.78, 5) is 36.5. The number of rotatable bonds is 11. The highest BCUT2D eigenvalue weighted by atomic mass is 32.2. The summed E-state index contributed by atoms with van der Waals surface area (Å²) >= 11 is 0. The number of pyridine rings is 1.